The molecule has 0 spiro atoms. The Kier molecular flexibility index (Phi) is 4.72. The van der Waals surface area contributed by atoms with Crippen molar-refractivity contribution in [2.45, 2.75) is 0 Å². The summed E-state index contributed by atoms with van der Waals surface area (Å²) in [5.41, 5.74) is 24.0. The first-order valence-electron chi connectivity index (χ1n) is 21.2. The Morgan fingerprint density at radius 1 is 0.267 bits per heavy atom. The lowest BCUT2D eigenvalue weighted by molar-refractivity contribution is 1.14. The van der Waals surface area contributed by atoms with Crippen molar-refractivity contribution in [2.24, 2.45) is 0 Å². The van der Waals surface area contributed by atoms with E-state index >= 15 is 0 Å². The molecule has 0 saturated heterocycles. The first-order valence-corrected chi connectivity index (χ1v) is 21.2. The average Bonchev–Trinajstić information content (AvgIpc) is 4.03. The molecule has 13 aromatic rings. The molecule has 0 atom stereocenters. The molecule has 0 aliphatic carbocycles. The van der Waals surface area contributed by atoms with Crippen molar-refractivity contribution in [2.75, 3.05) is 0 Å². The van der Waals surface area contributed by atoms with Gasteiger partial charge in [-0.15, -0.1) is 0 Å². The largest absolute Gasteiger partial charge is 0.310 e. The van der Waals surface area contributed by atoms with Crippen molar-refractivity contribution in [1.82, 2.24) is 18.3 Å². The Labute approximate surface area is 342 Å². The van der Waals surface area contributed by atoms with Gasteiger partial charge in [-0.2, -0.15) is 0 Å². The number of fused-ring (bicyclic) bond motifs is 21. The van der Waals surface area contributed by atoms with Gasteiger partial charge in [0.1, 0.15) is 0 Å². The lowest BCUT2D eigenvalue weighted by atomic mass is 9.33. The summed E-state index contributed by atoms with van der Waals surface area (Å²) in [5.74, 6) is 0. The smallest absolute Gasteiger partial charge is 0.253 e. The minimum Gasteiger partial charge on any atom is -0.310 e. The fourth-order valence-electron chi connectivity index (χ4n) is 13.2. The normalized spacial score (nSPS) is 13.9. The molecule has 0 saturated carbocycles. The summed E-state index contributed by atoms with van der Waals surface area (Å²) in [6.45, 7) is 0.158. The quantitative estimate of drug-likeness (QED) is 0.139. The number of nitrogens with zero attached hydrogens (tertiary/aromatic N) is 4. The van der Waals surface area contributed by atoms with Gasteiger partial charge < -0.3 is 18.3 Å². The van der Waals surface area contributed by atoms with E-state index in [2.05, 4.69) is 188 Å². The molecule has 0 amide bonds. The zero-order valence-corrected chi connectivity index (χ0v) is 32.1. The first-order chi connectivity index (χ1) is 29.8. The molecule has 60 heavy (non-hydrogen) atoms. The molecule has 270 valence electrons. The van der Waals surface area contributed by atoms with E-state index in [1.165, 1.54) is 143 Å². The molecule has 6 heteroatoms. The van der Waals surface area contributed by atoms with Gasteiger partial charge in [-0.3, -0.25) is 0 Å². The van der Waals surface area contributed by atoms with E-state index in [1.807, 2.05) is 0 Å². The van der Waals surface area contributed by atoms with Crippen LogP contribution in [0.5, 0.6) is 0 Å². The number of hydrogen-bond acceptors (Lipinski definition) is 0. The second-order valence-corrected chi connectivity index (χ2v) is 17.5. The molecule has 4 aliphatic heterocycles. The maximum Gasteiger partial charge on any atom is 0.253 e. The van der Waals surface area contributed by atoms with Crippen molar-refractivity contribution in [3.8, 4) is 22.7 Å². The number of aromatic nitrogens is 4. The van der Waals surface area contributed by atoms with Crippen LogP contribution in [0.2, 0.25) is 0 Å². The minimum absolute atomic E-state index is 0.0429. The van der Waals surface area contributed by atoms with E-state index in [0.29, 0.717) is 0 Å². The summed E-state index contributed by atoms with van der Waals surface area (Å²) in [7, 11) is 0. The van der Waals surface area contributed by atoms with E-state index in [1.54, 1.807) is 0 Å². The number of rotatable bonds is 0. The molecule has 0 N–H and O–H groups in total. The summed E-state index contributed by atoms with van der Waals surface area (Å²) < 4.78 is 10.4. The average molecular weight is 754 g/mol. The molecule has 4 aliphatic rings. The first kappa shape index (κ1) is 29.5. The predicted molar refractivity (Wildman–Crippen MR) is 253 cm³/mol. The van der Waals surface area contributed by atoms with E-state index in [4.69, 9.17) is 0 Å². The van der Waals surface area contributed by atoms with Crippen LogP contribution in [0.15, 0.2) is 170 Å². The van der Waals surface area contributed by atoms with Crippen LogP contribution in [0.1, 0.15) is 0 Å². The van der Waals surface area contributed by atoms with Crippen LogP contribution in [0.3, 0.4) is 0 Å². The van der Waals surface area contributed by atoms with Crippen molar-refractivity contribution >= 4 is 133 Å². The van der Waals surface area contributed by atoms with Crippen LogP contribution in [0, 0.1) is 0 Å². The second kappa shape index (κ2) is 9.60. The highest BCUT2D eigenvalue weighted by Gasteiger charge is 2.45. The third kappa shape index (κ3) is 2.96. The molecule has 0 unspecified atom stereocenters. The molecular weight excluding hydrogens is 726 g/mol. The van der Waals surface area contributed by atoms with Crippen molar-refractivity contribution < 1.29 is 0 Å². The van der Waals surface area contributed by atoms with Gasteiger partial charge in [0.15, 0.2) is 0 Å². The summed E-state index contributed by atoms with van der Waals surface area (Å²) in [5, 5.41) is 10.6. The molecule has 0 bridgehead atoms. The molecule has 0 fully saturated rings. The fourth-order valence-corrected chi connectivity index (χ4v) is 13.2. The van der Waals surface area contributed by atoms with Crippen molar-refractivity contribution in [3.05, 3.63) is 170 Å². The van der Waals surface area contributed by atoms with E-state index in [0.717, 1.165) is 0 Å². The maximum atomic E-state index is 2.66. The topological polar surface area (TPSA) is 19.7 Å². The van der Waals surface area contributed by atoms with Gasteiger partial charge in [-0.1, -0.05) is 121 Å². The maximum absolute atomic E-state index is 2.66. The number of hydrogen-bond donors (Lipinski definition) is 0. The highest BCUT2D eigenvalue weighted by atomic mass is 15.1. The summed E-state index contributed by atoms with van der Waals surface area (Å²) in [6.07, 6.45) is 0. The van der Waals surface area contributed by atoms with Gasteiger partial charge in [-0.25, -0.2) is 0 Å². The zero-order valence-electron chi connectivity index (χ0n) is 32.1. The monoisotopic (exact) mass is 754 g/mol. The minimum atomic E-state index is 0.0429. The van der Waals surface area contributed by atoms with Crippen LogP contribution in [-0.4, -0.2) is 31.7 Å². The number of benzene rings is 9. The van der Waals surface area contributed by atoms with Gasteiger partial charge in [0.25, 0.3) is 13.4 Å². The summed E-state index contributed by atoms with van der Waals surface area (Å²) in [4.78, 5) is 0. The van der Waals surface area contributed by atoms with E-state index < -0.39 is 0 Å². The third-order valence-electron chi connectivity index (χ3n) is 15.1. The molecule has 8 heterocycles. The Morgan fingerprint density at radius 3 is 1.20 bits per heavy atom. The van der Waals surface area contributed by atoms with Crippen LogP contribution in [0.25, 0.3) is 110 Å². The van der Waals surface area contributed by atoms with Gasteiger partial charge >= 0.3 is 0 Å². The van der Waals surface area contributed by atoms with Crippen molar-refractivity contribution in [3.63, 3.8) is 0 Å². The lowest BCUT2D eigenvalue weighted by Crippen LogP contribution is -2.59. The molecular formula is C54H28B2N4. The Bertz CT molecular complexity index is 4270. The predicted octanol–water partition coefficient (Wildman–Crippen LogP) is 8.36. The van der Waals surface area contributed by atoms with Crippen LogP contribution >= 0.6 is 0 Å². The number of para-hydroxylation sites is 6. The molecule has 0 radical (unpaired) electrons. The highest BCUT2D eigenvalue weighted by Crippen LogP contribution is 2.44. The lowest BCUT2D eigenvalue weighted by Gasteiger charge is -2.34. The van der Waals surface area contributed by atoms with Crippen LogP contribution < -0.4 is 32.8 Å². The van der Waals surface area contributed by atoms with Gasteiger partial charge in [0.05, 0.1) is 27.6 Å². The Morgan fingerprint density at radius 2 is 0.650 bits per heavy atom. The van der Waals surface area contributed by atoms with Gasteiger partial charge in [0.2, 0.25) is 0 Å². The van der Waals surface area contributed by atoms with Gasteiger partial charge in [0, 0.05) is 82.4 Å². The molecule has 9 aromatic carbocycles. The third-order valence-corrected chi connectivity index (χ3v) is 15.1. The van der Waals surface area contributed by atoms with Crippen LogP contribution in [0.4, 0.5) is 0 Å². The van der Waals surface area contributed by atoms with E-state index in [9.17, 15) is 0 Å². The molecule has 4 aromatic heterocycles. The highest BCUT2D eigenvalue weighted by molar-refractivity contribution is 7.02. The summed E-state index contributed by atoms with van der Waals surface area (Å²) in [6, 6.07) is 64.9. The van der Waals surface area contributed by atoms with Gasteiger partial charge in [-0.05, 0) is 81.3 Å². The standard InChI is InChI=1S/C54H28B2N4/c1-4-21-39-29(12-1)32-15-7-18-36-51(32)57(39)42-24-10-25-43-48(42)55(36)37-19-9-17-34-47-46(60(43)53(34)37)28-35-31-14-3-6-23-41(31)59-45-27-11-26-44-49(45)56(50(47)54(35)59)38-20-8-16-33-30-13-2-5-22-40(30)58(44)52(33)38/h1-28H. The molecule has 4 nitrogen and oxygen atoms in total. The fraction of sp³-hybridized carbons (Fsp3) is 0. The SMILES string of the molecule is c1cc2c3c(c1)-n1c4ccccc4c4cc5c(c(c41)B3c1cccc3c4ccccc4n-2c13)c1cccc2c1n5-c1cccc3c1B2c1cccc2c4ccccc4n-3c12. The van der Waals surface area contributed by atoms with Crippen molar-refractivity contribution in [1.29, 1.82) is 0 Å². The molecule has 17 rings (SSSR count). The Hall–Kier alpha value is -7.69. The van der Waals surface area contributed by atoms with E-state index in [-0.39, 0.29) is 13.4 Å². The second-order valence-electron chi connectivity index (χ2n) is 17.5. The summed E-state index contributed by atoms with van der Waals surface area (Å²) >= 11 is 0. The Balaban J connectivity index is 1.10. The zero-order chi connectivity index (χ0) is 38.3. The van der Waals surface area contributed by atoms with Crippen LogP contribution in [-0.2, 0) is 0 Å².